The highest BCUT2D eigenvalue weighted by Gasteiger charge is 2.19. The van der Waals surface area contributed by atoms with Gasteiger partial charge in [-0.25, -0.2) is 0 Å². The van der Waals surface area contributed by atoms with Gasteiger partial charge in [-0.05, 0) is 49.1 Å². The molecule has 0 fully saturated rings. The second-order valence-corrected chi connectivity index (χ2v) is 6.58. The van der Waals surface area contributed by atoms with Gasteiger partial charge >= 0.3 is 0 Å². The van der Waals surface area contributed by atoms with Crippen LogP contribution in [0.25, 0.3) is 21.6 Å². The van der Waals surface area contributed by atoms with Gasteiger partial charge in [0, 0.05) is 40.6 Å². The van der Waals surface area contributed by atoms with Gasteiger partial charge in [0.15, 0.2) is 0 Å². The number of non-ortho nitro benzene ring substituents is 1. The predicted octanol–water partition coefficient (Wildman–Crippen LogP) is 5.02. The van der Waals surface area contributed by atoms with Crippen LogP contribution in [-0.4, -0.2) is 23.5 Å². The Morgan fingerprint density at radius 1 is 1.04 bits per heavy atom. The fourth-order valence-corrected chi connectivity index (χ4v) is 3.86. The van der Waals surface area contributed by atoms with Crippen molar-refractivity contribution in [3.8, 4) is 33.1 Å². The topological polar surface area (TPSA) is 74.5 Å². The van der Waals surface area contributed by atoms with Crippen molar-refractivity contribution in [3.05, 3.63) is 57.8 Å². The van der Waals surface area contributed by atoms with E-state index in [1.165, 1.54) is 23.7 Å². The van der Waals surface area contributed by atoms with Crippen molar-refractivity contribution in [1.29, 1.82) is 0 Å². The van der Waals surface area contributed by atoms with Crippen LogP contribution in [0.1, 0.15) is 11.1 Å². The number of nitrogens with zero attached hydrogens (tertiary/aromatic N) is 2. The zero-order valence-electron chi connectivity index (χ0n) is 14.9. The Morgan fingerprint density at radius 2 is 1.73 bits per heavy atom. The number of nitro benzene ring substituents is 1. The zero-order chi connectivity index (χ0) is 18.8. The van der Waals surface area contributed by atoms with Gasteiger partial charge in [0.25, 0.3) is 5.69 Å². The predicted molar refractivity (Wildman–Crippen MR) is 102 cm³/mol. The highest BCUT2D eigenvalue weighted by Crippen LogP contribution is 2.43. The minimum atomic E-state index is -0.406. The molecule has 2 aromatic carbocycles. The lowest BCUT2D eigenvalue weighted by Crippen LogP contribution is -1.97. The molecule has 1 heterocycles. The van der Waals surface area contributed by atoms with Crippen molar-refractivity contribution >= 4 is 17.2 Å². The summed E-state index contributed by atoms with van der Waals surface area (Å²) in [6.07, 6.45) is 1.78. The van der Waals surface area contributed by atoms with E-state index in [4.69, 9.17) is 9.47 Å². The Hall–Kier alpha value is -2.93. The van der Waals surface area contributed by atoms with E-state index in [0.29, 0.717) is 0 Å². The summed E-state index contributed by atoms with van der Waals surface area (Å²) < 4.78 is 15.4. The first kappa shape index (κ1) is 17.9. The summed E-state index contributed by atoms with van der Waals surface area (Å²) in [6, 6.07) is 8.46. The first-order chi connectivity index (χ1) is 12.5. The number of aromatic nitrogens is 1. The summed E-state index contributed by atoms with van der Waals surface area (Å²) in [5.41, 5.74) is 4.77. The fraction of sp³-hybridized carbons (Fsp3) is 0.211. The molecule has 0 atom stereocenters. The Labute approximate surface area is 155 Å². The van der Waals surface area contributed by atoms with E-state index < -0.39 is 4.92 Å². The van der Waals surface area contributed by atoms with Crippen LogP contribution in [0, 0.1) is 24.0 Å². The van der Waals surface area contributed by atoms with Gasteiger partial charge in [-0.3, -0.25) is 10.1 Å². The molecule has 134 valence electrons. The van der Waals surface area contributed by atoms with Gasteiger partial charge in [0.2, 0.25) is 0 Å². The van der Waals surface area contributed by atoms with Crippen LogP contribution in [0.4, 0.5) is 5.69 Å². The van der Waals surface area contributed by atoms with Gasteiger partial charge in [-0.1, -0.05) is 0 Å². The molecule has 7 heteroatoms. The van der Waals surface area contributed by atoms with E-state index in [9.17, 15) is 10.1 Å². The Balaban J connectivity index is 2.16. The van der Waals surface area contributed by atoms with E-state index >= 15 is 0 Å². The molecule has 0 unspecified atom stereocenters. The molecule has 0 saturated carbocycles. The molecular weight excluding hydrogens is 352 g/mol. The molecule has 3 aromatic rings. The van der Waals surface area contributed by atoms with E-state index in [2.05, 4.69) is 4.37 Å². The first-order valence-corrected chi connectivity index (χ1v) is 8.67. The number of methoxy groups -OCH3 is 2. The average molecular weight is 370 g/mol. The average Bonchev–Trinajstić information content (AvgIpc) is 3.12. The van der Waals surface area contributed by atoms with Crippen LogP contribution in [-0.2, 0) is 0 Å². The van der Waals surface area contributed by atoms with Crippen molar-refractivity contribution in [1.82, 2.24) is 4.37 Å². The standard InChI is InChI=1S/C19H18N2O4S/c1-11-15(9-17(24-3)12(2)18(11)25-4)19-16(10-20-26-19)13-5-7-14(8-6-13)21(22)23/h5-10H,1-4H3. The SMILES string of the molecule is COc1cc(-c2sncc2-c2ccc([N+](=O)[O-])cc2)c(C)c(OC)c1C. The molecule has 0 saturated heterocycles. The Kier molecular flexibility index (Phi) is 4.90. The van der Waals surface area contributed by atoms with E-state index in [0.717, 1.165) is 44.2 Å². The first-order valence-electron chi connectivity index (χ1n) is 7.90. The monoisotopic (exact) mass is 370 g/mol. The molecule has 0 aliphatic carbocycles. The second-order valence-electron chi connectivity index (χ2n) is 5.78. The molecular formula is C19H18N2O4S. The Bertz CT molecular complexity index is 964. The molecule has 0 aliphatic rings. The summed E-state index contributed by atoms with van der Waals surface area (Å²) in [5, 5.41) is 10.9. The quantitative estimate of drug-likeness (QED) is 0.466. The molecule has 0 spiro atoms. The molecule has 0 radical (unpaired) electrons. The highest BCUT2D eigenvalue weighted by molar-refractivity contribution is 7.10. The van der Waals surface area contributed by atoms with E-state index in [1.54, 1.807) is 32.5 Å². The summed E-state index contributed by atoms with van der Waals surface area (Å²) in [4.78, 5) is 11.4. The lowest BCUT2D eigenvalue weighted by Gasteiger charge is -2.16. The van der Waals surface area contributed by atoms with Crippen LogP contribution in [0.15, 0.2) is 36.5 Å². The van der Waals surface area contributed by atoms with Crippen LogP contribution >= 0.6 is 11.5 Å². The van der Waals surface area contributed by atoms with Crippen LogP contribution in [0.2, 0.25) is 0 Å². The van der Waals surface area contributed by atoms with Crippen LogP contribution in [0.3, 0.4) is 0 Å². The third kappa shape index (κ3) is 3.01. The van der Waals surface area contributed by atoms with Crippen molar-refractivity contribution in [2.45, 2.75) is 13.8 Å². The Morgan fingerprint density at radius 3 is 2.31 bits per heavy atom. The van der Waals surface area contributed by atoms with Gasteiger partial charge in [-0.15, -0.1) is 0 Å². The molecule has 0 amide bonds. The summed E-state index contributed by atoms with van der Waals surface area (Å²) in [7, 11) is 3.27. The third-order valence-electron chi connectivity index (χ3n) is 4.36. The normalized spacial score (nSPS) is 10.6. The van der Waals surface area contributed by atoms with Crippen molar-refractivity contribution < 1.29 is 14.4 Å². The fourth-order valence-electron chi connectivity index (χ4n) is 3.02. The molecule has 0 aliphatic heterocycles. The number of benzene rings is 2. The van der Waals surface area contributed by atoms with Gasteiger partial charge in [0.1, 0.15) is 11.5 Å². The smallest absolute Gasteiger partial charge is 0.269 e. The second kappa shape index (κ2) is 7.13. The lowest BCUT2D eigenvalue weighted by molar-refractivity contribution is -0.384. The zero-order valence-corrected chi connectivity index (χ0v) is 15.7. The summed E-state index contributed by atoms with van der Waals surface area (Å²) in [5.74, 6) is 1.52. The minimum absolute atomic E-state index is 0.0633. The van der Waals surface area contributed by atoms with Crippen LogP contribution < -0.4 is 9.47 Å². The van der Waals surface area contributed by atoms with Crippen molar-refractivity contribution in [2.24, 2.45) is 0 Å². The molecule has 1 aromatic heterocycles. The molecule has 0 bridgehead atoms. The highest BCUT2D eigenvalue weighted by atomic mass is 32.1. The maximum atomic E-state index is 10.9. The van der Waals surface area contributed by atoms with Gasteiger partial charge < -0.3 is 9.47 Å². The summed E-state index contributed by atoms with van der Waals surface area (Å²) >= 11 is 1.37. The van der Waals surface area contributed by atoms with E-state index in [-0.39, 0.29) is 5.69 Å². The maximum Gasteiger partial charge on any atom is 0.269 e. The summed E-state index contributed by atoms with van der Waals surface area (Å²) in [6.45, 7) is 3.96. The number of hydrogen-bond acceptors (Lipinski definition) is 6. The maximum absolute atomic E-state index is 10.9. The molecule has 3 rings (SSSR count). The third-order valence-corrected chi connectivity index (χ3v) is 5.19. The van der Waals surface area contributed by atoms with E-state index in [1.807, 2.05) is 19.9 Å². The van der Waals surface area contributed by atoms with Crippen molar-refractivity contribution in [2.75, 3.05) is 14.2 Å². The number of ether oxygens (including phenoxy) is 2. The molecule has 6 nitrogen and oxygen atoms in total. The van der Waals surface area contributed by atoms with Crippen molar-refractivity contribution in [3.63, 3.8) is 0 Å². The molecule has 26 heavy (non-hydrogen) atoms. The van der Waals surface area contributed by atoms with Crippen LogP contribution in [0.5, 0.6) is 11.5 Å². The minimum Gasteiger partial charge on any atom is -0.496 e. The number of nitro groups is 1. The number of hydrogen-bond donors (Lipinski definition) is 0. The van der Waals surface area contributed by atoms with Gasteiger partial charge in [-0.2, -0.15) is 4.37 Å². The lowest BCUT2D eigenvalue weighted by atomic mass is 9.97. The molecule has 0 N–H and O–H groups in total. The van der Waals surface area contributed by atoms with Gasteiger partial charge in [0.05, 0.1) is 24.0 Å². The number of rotatable bonds is 5. The largest absolute Gasteiger partial charge is 0.496 e.